The van der Waals surface area contributed by atoms with E-state index in [0.29, 0.717) is 5.56 Å². The van der Waals surface area contributed by atoms with Crippen molar-refractivity contribution in [1.82, 2.24) is 0 Å². The fourth-order valence-electron chi connectivity index (χ4n) is 1.67. The average molecular weight is 237 g/mol. The number of rotatable bonds is 4. The van der Waals surface area contributed by atoms with Gasteiger partial charge in [0.15, 0.2) is 5.78 Å². The monoisotopic (exact) mass is 237 g/mol. The van der Waals surface area contributed by atoms with Gasteiger partial charge in [0.2, 0.25) is 0 Å². The lowest BCUT2D eigenvalue weighted by molar-refractivity contribution is 0.104. The van der Waals surface area contributed by atoms with Crippen molar-refractivity contribution in [3.8, 4) is 0 Å². The molecule has 0 bridgehead atoms. The Morgan fingerprint density at radius 3 is 2.11 bits per heavy atom. The largest absolute Gasteiger partial charge is 0.359 e. The number of hydrogen-bond acceptors (Lipinski definition) is 2. The van der Waals surface area contributed by atoms with Crippen LogP contribution in [0.4, 0.5) is 5.69 Å². The summed E-state index contributed by atoms with van der Waals surface area (Å²) in [6.07, 6.45) is 1.61. The Bertz CT molecular complexity index is 544. The first kappa shape index (κ1) is 12.1. The summed E-state index contributed by atoms with van der Waals surface area (Å²) in [5.41, 5.74) is 2.51. The van der Waals surface area contributed by atoms with Gasteiger partial charge in [0.25, 0.3) is 0 Å². The van der Waals surface area contributed by atoms with Crippen molar-refractivity contribution in [3.63, 3.8) is 0 Å². The van der Waals surface area contributed by atoms with E-state index in [0.717, 1.165) is 11.4 Å². The van der Waals surface area contributed by atoms with Crippen molar-refractivity contribution >= 4 is 11.5 Å². The van der Waals surface area contributed by atoms with Gasteiger partial charge in [0, 0.05) is 23.0 Å². The first-order chi connectivity index (χ1) is 8.75. The average Bonchev–Trinajstić information content (AvgIpc) is 2.40. The minimum Gasteiger partial charge on any atom is -0.359 e. The maximum absolute atomic E-state index is 11.9. The third kappa shape index (κ3) is 3.32. The minimum atomic E-state index is 0.0107. The Hall–Kier alpha value is -2.35. The highest BCUT2D eigenvalue weighted by atomic mass is 16.1. The van der Waals surface area contributed by atoms with E-state index in [-0.39, 0.29) is 5.78 Å². The number of ketones is 1. The molecule has 0 radical (unpaired) electrons. The standard InChI is InChI=1S/C16H15NO/c1-13(17-15-10-6-3-7-11-15)12-16(18)14-8-4-2-5-9-14/h2-12,17H,1H3/b13-12-. The maximum atomic E-state index is 11.9. The summed E-state index contributed by atoms with van der Waals surface area (Å²) in [5, 5.41) is 3.18. The van der Waals surface area contributed by atoms with Crippen LogP contribution in [0.3, 0.4) is 0 Å². The van der Waals surface area contributed by atoms with Gasteiger partial charge in [0.1, 0.15) is 0 Å². The fourth-order valence-corrected chi connectivity index (χ4v) is 1.67. The van der Waals surface area contributed by atoms with Crippen LogP contribution in [0.25, 0.3) is 0 Å². The number of anilines is 1. The first-order valence-electron chi connectivity index (χ1n) is 5.85. The minimum absolute atomic E-state index is 0.0107. The predicted octanol–water partition coefficient (Wildman–Crippen LogP) is 3.89. The second-order valence-electron chi connectivity index (χ2n) is 4.05. The molecule has 2 aromatic carbocycles. The van der Waals surface area contributed by atoms with E-state index >= 15 is 0 Å². The number of nitrogens with one attached hydrogen (secondary N) is 1. The molecule has 0 aliphatic carbocycles. The highest BCUT2D eigenvalue weighted by Crippen LogP contribution is 2.10. The van der Waals surface area contributed by atoms with Crippen LogP contribution in [0.5, 0.6) is 0 Å². The fraction of sp³-hybridized carbons (Fsp3) is 0.0625. The van der Waals surface area contributed by atoms with E-state index in [2.05, 4.69) is 5.32 Å². The molecule has 2 nitrogen and oxygen atoms in total. The molecular formula is C16H15NO. The molecule has 0 amide bonds. The molecule has 0 aliphatic heterocycles. The van der Waals surface area contributed by atoms with E-state index < -0.39 is 0 Å². The molecule has 0 unspecified atom stereocenters. The van der Waals surface area contributed by atoms with Gasteiger partial charge in [-0.15, -0.1) is 0 Å². The molecule has 0 aliphatic rings. The van der Waals surface area contributed by atoms with Crippen LogP contribution in [0.2, 0.25) is 0 Å². The zero-order valence-corrected chi connectivity index (χ0v) is 10.3. The summed E-state index contributed by atoms with van der Waals surface area (Å²) in [7, 11) is 0. The van der Waals surface area contributed by atoms with Gasteiger partial charge in [-0.1, -0.05) is 48.5 Å². The number of carbonyl (C=O) groups is 1. The van der Waals surface area contributed by atoms with E-state index in [4.69, 9.17) is 0 Å². The topological polar surface area (TPSA) is 29.1 Å². The Balaban J connectivity index is 2.07. The second kappa shape index (κ2) is 5.82. The second-order valence-corrected chi connectivity index (χ2v) is 4.05. The lowest BCUT2D eigenvalue weighted by Gasteiger charge is -2.05. The van der Waals surface area contributed by atoms with Gasteiger partial charge in [-0.05, 0) is 19.1 Å². The molecule has 0 saturated heterocycles. The lowest BCUT2D eigenvalue weighted by atomic mass is 10.1. The van der Waals surface area contributed by atoms with Gasteiger partial charge in [-0.25, -0.2) is 0 Å². The van der Waals surface area contributed by atoms with E-state index in [9.17, 15) is 4.79 Å². The lowest BCUT2D eigenvalue weighted by Crippen LogP contribution is -2.01. The van der Waals surface area contributed by atoms with E-state index in [1.807, 2.05) is 67.6 Å². The third-order valence-electron chi connectivity index (χ3n) is 2.52. The van der Waals surface area contributed by atoms with Gasteiger partial charge >= 0.3 is 0 Å². The number of hydrogen-bond donors (Lipinski definition) is 1. The van der Waals surface area contributed by atoms with Gasteiger partial charge < -0.3 is 5.32 Å². The highest BCUT2D eigenvalue weighted by molar-refractivity contribution is 6.05. The van der Waals surface area contributed by atoms with Crippen molar-refractivity contribution < 1.29 is 4.79 Å². The summed E-state index contributed by atoms with van der Waals surface area (Å²) in [6.45, 7) is 1.88. The van der Waals surface area contributed by atoms with Gasteiger partial charge in [-0.3, -0.25) is 4.79 Å². The highest BCUT2D eigenvalue weighted by Gasteiger charge is 2.01. The third-order valence-corrected chi connectivity index (χ3v) is 2.52. The number of para-hydroxylation sites is 1. The maximum Gasteiger partial charge on any atom is 0.187 e. The Morgan fingerprint density at radius 1 is 0.944 bits per heavy atom. The normalized spacial score (nSPS) is 11.1. The summed E-state index contributed by atoms with van der Waals surface area (Å²) in [6, 6.07) is 19.0. The van der Waals surface area contributed by atoms with Crippen molar-refractivity contribution in [3.05, 3.63) is 78.0 Å². The van der Waals surface area contributed by atoms with Crippen LogP contribution in [0.1, 0.15) is 17.3 Å². The molecule has 0 aromatic heterocycles. The quantitative estimate of drug-likeness (QED) is 0.645. The van der Waals surface area contributed by atoms with Crippen LogP contribution in [-0.2, 0) is 0 Å². The van der Waals surface area contributed by atoms with Crippen molar-refractivity contribution in [2.24, 2.45) is 0 Å². The van der Waals surface area contributed by atoms with E-state index in [1.54, 1.807) is 6.08 Å². The molecule has 18 heavy (non-hydrogen) atoms. The molecule has 90 valence electrons. The summed E-state index contributed by atoms with van der Waals surface area (Å²) in [4.78, 5) is 11.9. The molecule has 2 rings (SSSR count). The van der Waals surface area contributed by atoms with Crippen LogP contribution >= 0.6 is 0 Å². The van der Waals surface area contributed by atoms with Crippen molar-refractivity contribution in [2.75, 3.05) is 5.32 Å². The van der Waals surface area contributed by atoms with Crippen LogP contribution in [-0.4, -0.2) is 5.78 Å². The van der Waals surface area contributed by atoms with Crippen LogP contribution in [0.15, 0.2) is 72.4 Å². The number of carbonyl (C=O) groups excluding carboxylic acids is 1. The Kier molecular flexibility index (Phi) is 3.92. The molecule has 0 heterocycles. The van der Waals surface area contributed by atoms with Gasteiger partial charge in [-0.2, -0.15) is 0 Å². The molecule has 0 atom stereocenters. The molecule has 0 fully saturated rings. The molecule has 2 aromatic rings. The zero-order chi connectivity index (χ0) is 12.8. The smallest absolute Gasteiger partial charge is 0.187 e. The first-order valence-corrected chi connectivity index (χ1v) is 5.85. The Morgan fingerprint density at radius 2 is 1.50 bits per heavy atom. The molecule has 1 N–H and O–H groups in total. The van der Waals surface area contributed by atoms with E-state index in [1.165, 1.54) is 0 Å². The van der Waals surface area contributed by atoms with Crippen molar-refractivity contribution in [1.29, 1.82) is 0 Å². The van der Waals surface area contributed by atoms with Gasteiger partial charge in [0.05, 0.1) is 0 Å². The Labute approximate surface area is 107 Å². The van der Waals surface area contributed by atoms with Crippen LogP contribution in [0, 0.1) is 0 Å². The summed E-state index contributed by atoms with van der Waals surface area (Å²) in [5.74, 6) is 0.0107. The van der Waals surface area contributed by atoms with Crippen LogP contribution < -0.4 is 5.32 Å². The summed E-state index contributed by atoms with van der Waals surface area (Å²) < 4.78 is 0. The van der Waals surface area contributed by atoms with Crippen molar-refractivity contribution in [2.45, 2.75) is 6.92 Å². The molecule has 0 saturated carbocycles. The summed E-state index contributed by atoms with van der Waals surface area (Å²) >= 11 is 0. The zero-order valence-electron chi connectivity index (χ0n) is 10.3. The number of benzene rings is 2. The predicted molar refractivity (Wildman–Crippen MR) is 74.6 cm³/mol. The molecule has 2 heteroatoms. The number of allylic oxidation sites excluding steroid dienone is 2. The molecular weight excluding hydrogens is 222 g/mol. The SMILES string of the molecule is C/C(=C/C(=O)c1ccccc1)Nc1ccccc1. The molecule has 0 spiro atoms.